The first-order valence-corrected chi connectivity index (χ1v) is 7.60. The zero-order valence-corrected chi connectivity index (χ0v) is 13.1. The van der Waals surface area contributed by atoms with E-state index in [1.807, 2.05) is 18.2 Å². The summed E-state index contributed by atoms with van der Waals surface area (Å²) in [5.41, 5.74) is 2.56. The summed E-state index contributed by atoms with van der Waals surface area (Å²) in [7, 11) is 1.56. The Kier molecular flexibility index (Phi) is 4.29. The third-order valence-electron chi connectivity index (χ3n) is 3.96. The lowest BCUT2D eigenvalue weighted by molar-refractivity contribution is -0.123. The Morgan fingerprint density at radius 2 is 1.79 bits per heavy atom. The number of carbonyl (C=O) groups excluding carboxylic acids is 3. The Hall–Kier alpha value is -3.15. The van der Waals surface area contributed by atoms with Gasteiger partial charge in [-0.15, -0.1) is 0 Å². The van der Waals surface area contributed by atoms with Crippen molar-refractivity contribution in [2.75, 3.05) is 17.7 Å². The van der Waals surface area contributed by atoms with Gasteiger partial charge in [-0.2, -0.15) is 0 Å². The quantitative estimate of drug-likeness (QED) is 0.808. The molecular formula is C18H17N3O3. The van der Waals surface area contributed by atoms with Gasteiger partial charge in [0.1, 0.15) is 0 Å². The smallest absolute Gasteiger partial charge is 0.251 e. The largest absolute Gasteiger partial charge is 0.355 e. The number of para-hydroxylation sites is 1. The second-order valence-electron chi connectivity index (χ2n) is 5.54. The molecule has 2 aromatic carbocycles. The van der Waals surface area contributed by atoms with Gasteiger partial charge < -0.3 is 16.0 Å². The summed E-state index contributed by atoms with van der Waals surface area (Å²) in [5.74, 6) is -1.15. The van der Waals surface area contributed by atoms with Gasteiger partial charge in [0, 0.05) is 30.4 Å². The molecule has 122 valence electrons. The first-order chi connectivity index (χ1) is 11.6. The van der Waals surface area contributed by atoms with E-state index in [1.54, 1.807) is 37.4 Å². The first kappa shape index (κ1) is 15.7. The first-order valence-electron chi connectivity index (χ1n) is 7.60. The molecule has 1 aliphatic rings. The van der Waals surface area contributed by atoms with Crippen molar-refractivity contribution < 1.29 is 14.4 Å². The minimum atomic E-state index is -0.534. The van der Waals surface area contributed by atoms with Gasteiger partial charge >= 0.3 is 0 Å². The summed E-state index contributed by atoms with van der Waals surface area (Å²) in [5, 5.41) is 8.12. The van der Waals surface area contributed by atoms with Crippen LogP contribution in [-0.4, -0.2) is 24.8 Å². The van der Waals surface area contributed by atoms with Gasteiger partial charge in [0.25, 0.3) is 5.91 Å². The number of carbonyl (C=O) groups is 3. The molecule has 6 heteroatoms. The fraction of sp³-hybridized carbons (Fsp3) is 0.167. The molecule has 6 nitrogen and oxygen atoms in total. The van der Waals surface area contributed by atoms with Crippen molar-refractivity contribution in [3.05, 3.63) is 59.7 Å². The van der Waals surface area contributed by atoms with Crippen molar-refractivity contribution in [2.24, 2.45) is 0 Å². The summed E-state index contributed by atoms with van der Waals surface area (Å²) >= 11 is 0. The van der Waals surface area contributed by atoms with E-state index in [4.69, 9.17) is 0 Å². The van der Waals surface area contributed by atoms with E-state index in [1.165, 1.54) is 0 Å². The molecule has 0 aromatic heterocycles. The molecule has 24 heavy (non-hydrogen) atoms. The lowest BCUT2D eigenvalue weighted by Gasteiger charge is -2.24. The Morgan fingerprint density at radius 3 is 2.50 bits per heavy atom. The van der Waals surface area contributed by atoms with Gasteiger partial charge in [0.15, 0.2) is 0 Å². The van der Waals surface area contributed by atoms with Crippen molar-refractivity contribution in [3.8, 4) is 0 Å². The van der Waals surface area contributed by atoms with Crippen molar-refractivity contribution in [1.29, 1.82) is 0 Å². The van der Waals surface area contributed by atoms with Crippen LogP contribution in [0.1, 0.15) is 28.3 Å². The van der Waals surface area contributed by atoms with Crippen LogP contribution >= 0.6 is 0 Å². The molecule has 1 heterocycles. The average Bonchev–Trinajstić information content (AvgIpc) is 2.60. The molecule has 0 radical (unpaired) electrons. The van der Waals surface area contributed by atoms with Crippen LogP contribution in [0.3, 0.4) is 0 Å². The lowest BCUT2D eigenvalue weighted by Crippen LogP contribution is -2.30. The Bertz CT molecular complexity index is 799. The van der Waals surface area contributed by atoms with Gasteiger partial charge in [-0.1, -0.05) is 18.2 Å². The topological polar surface area (TPSA) is 87.3 Å². The number of hydrogen-bond acceptors (Lipinski definition) is 3. The second kappa shape index (κ2) is 6.54. The van der Waals surface area contributed by atoms with E-state index in [0.717, 1.165) is 5.56 Å². The number of rotatable bonds is 3. The van der Waals surface area contributed by atoms with Crippen molar-refractivity contribution in [1.82, 2.24) is 5.32 Å². The van der Waals surface area contributed by atoms with Crippen LogP contribution in [0.5, 0.6) is 0 Å². The van der Waals surface area contributed by atoms with E-state index in [0.29, 0.717) is 16.9 Å². The van der Waals surface area contributed by atoms with E-state index in [2.05, 4.69) is 16.0 Å². The molecule has 0 aliphatic carbocycles. The van der Waals surface area contributed by atoms with Crippen LogP contribution in [-0.2, 0) is 9.59 Å². The Morgan fingerprint density at radius 1 is 1.08 bits per heavy atom. The minimum Gasteiger partial charge on any atom is -0.355 e. The predicted molar refractivity (Wildman–Crippen MR) is 90.9 cm³/mol. The highest BCUT2D eigenvalue weighted by Gasteiger charge is 2.30. The van der Waals surface area contributed by atoms with Gasteiger partial charge in [-0.05, 0) is 35.9 Å². The highest BCUT2D eigenvalue weighted by atomic mass is 16.2. The zero-order chi connectivity index (χ0) is 17.1. The molecule has 3 amide bonds. The fourth-order valence-electron chi connectivity index (χ4n) is 2.72. The molecule has 0 bridgehead atoms. The number of hydrogen-bond donors (Lipinski definition) is 3. The molecule has 0 fully saturated rings. The van der Waals surface area contributed by atoms with Crippen LogP contribution in [0.2, 0.25) is 0 Å². The normalized spacial score (nSPS) is 15.9. The molecular weight excluding hydrogens is 306 g/mol. The fourth-order valence-corrected chi connectivity index (χ4v) is 2.72. The summed E-state index contributed by atoms with van der Waals surface area (Å²) in [6.07, 6.45) is 0.110. The molecule has 3 N–H and O–H groups in total. The zero-order valence-electron chi connectivity index (χ0n) is 13.1. The van der Waals surface area contributed by atoms with E-state index < -0.39 is 5.92 Å². The number of anilines is 2. The molecule has 0 saturated heterocycles. The van der Waals surface area contributed by atoms with Gasteiger partial charge in [-0.25, -0.2) is 0 Å². The van der Waals surface area contributed by atoms with Crippen molar-refractivity contribution in [3.63, 3.8) is 0 Å². The summed E-state index contributed by atoms with van der Waals surface area (Å²) in [6, 6.07) is 13.9. The Balaban J connectivity index is 1.78. The van der Waals surface area contributed by atoms with Crippen molar-refractivity contribution in [2.45, 2.75) is 12.3 Å². The van der Waals surface area contributed by atoms with Gasteiger partial charge in [-0.3, -0.25) is 14.4 Å². The lowest BCUT2D eigenvalue weighted by atomic mass is 9.90. The molecule has 3 rings (SSSR count). The Labute approximate surface area is 139 Å². The van der Waals surface area contributed by atoms with Gasteiger partial charge in [0.05, 0.1) is 5.92 Å². The minimum absolute atomic E-state index is 0.110. The molecule has 1 atom stereocenters. The van der Waals surface area contributed by atoms with Gasteiger partial charge in [0.2, 0.25) is 11.8 Å². The van der Waals surface area contributed by atoms with Crippen LogP contribution in [0.25, 0.3) is 0 Å². The monoisotopic (exact) mass is 323 g/mol. The van der Waals surface area contributed by atoms with Crippen LogP contribution < -0.4 is 16.0 Å². The standard InChI is InChI=1S/C18H17N3O3/c1-19-17(23)11-6-8-12(9-7-11)20-18(24)14-10-16(22)21-15-5-3-2-4-13(14)15/h2-9,14H,10H2,1H3,(H,19,23)(H,20,24)(H,21,22)/t14-/m1/s1. The van der Waals surface area contributed by atoms with Crippen LogP contribution in [0.4, 0.5) is 11.4 Å². The highest BCUT2D eigenvalue weighted by molar-refractivity contribution is 6.05. The maximum Gasteiger partial charge on any atom is 0.251 e. The number of amides is 3. The second-order valence-corrected chi connectivity index (χ2v) is 5.54. The summed E-state index contributed by atoms with van der Waals surface area (Å²) in [6.45, 7) is 0. The third kappa shape index (κ3) is 3.12. The third-order valence-corrected chi connectivity index (χ3v) is 3.96. The number of fused-ring (bicyclic) bond motifs is 1. The number of benzene rings is 2. The number of nitrogens with one attached hydrogen (secondary N) is 3. The highest BCUT2D eigenvalue weighted by Crippen LogP contribution is 2.32. The van der Waals surface area contributed by atoms with E-state index in [-0.39, 0.29) is 24.1 Å². The molecule has 2 aromatic rings. The van der Waals surface area contributed by atoms with E-state index in [9.17, 15) is 14.4 Å². The summed E-state index contributed by atoms with van der Waals surface area (Å²) < 4.78 is 0. The predicted octanol–water partition coefficient (Wildman–Crippen LogP) is 2.11. The van der Waals surface area contributed by atoms with Crippen LogP contribution in [0, 0.1) is 0 Å². The maximum atomic E-state index is 12.6. The van der Waals surface area contributed by atoms with E-state index >= 15 is 0 Å². The van der Waals surface area contributed by atoms with Crippen LogP contribution in [0.15, 0.2) is 48.5 Å². The molecule has 0 spiro atoms. The van der Waals surface area contributed by atoms with Crippen molar-refractivity contribution >= 4 is 29.1 Å². The molecule has 1 aliphatic heterocycles. The molecule has 0 saturated carbocycles. The SMILES string of the molecule is CNC(=O)c1ccc(NC(=O)[C@@H]2CC(=O)Nc3ccccc32)cc1. The average molecular weight is 323 g/mol. The summed E-state index contributed by atoms with van der Waals surface area (Å²) in [4.78, 5) is 35.9. The molecule has 0 unspecified atom stereocenters. The maximum absolute atomic E-state index is 12.6.